The molecule has 1 aromatic rings. The Morgan fingerprint density at radius 3 is 2.20 bits per heavy atom. The molecule has 0 bridgehead atoms. The summed E-state index contributed by atoms with van der Waals surface area (Å²) in [7, 11) is 2.21. The van der Waals surface area contributed by atoms with E-state index in [4.69, 9.17) is 0 Å². The molecule has 1 heterocycles. The normalized spacial score (nSPS) is 18.4. The zero-order valence-corrected chi connectivity index (χ0v) is 13.4. The molecule has 1 saturated heterocycles. The minimum atomic E-state index is 0.168. The predicted octanol–water partition coefficient (Wildman–Crippen LogP) is 2.32. The van der Waals surface area contributed by atoms with E-state index >= 15 is 0 Å². The highest BCUT2D eigenvalue weighted by Crippen LogP contribution is 2.14. The molecule has 3 heteroatoms. The average Bonchev–Trinajstić information content (AvgIpc) is 2.39. The fourth-order valence-electron chi connectivity index (χ4n) is 2.49. The molecule has 0 aromatic heterocycles. The number of nitrogens with zero attached hydrogens (tertiary/aromatic N) is 2. The lowest BCUT2D eigenvalue weighted by Crippen LogP contribution is -2.44. The highest BCUT2D eigenvalue weighted by molar-refractivity contribution is 5.27. The number of rotatable bonds is 4. The van der Waals surface area contributed by atoms with Gasteiger partial charge in [-0.15, -0.1) is 0 Å². The largest absolute Gasteiger partial charge is 0.308 e. The highest BCUT2D eigenvalue weighted by Gasteiger charge is 2.16. The summed E-state index contributed by atoms with van der Waals surface area (Å²) in [6, 6.07) is 8.83. The first-order valence-corrected chi connectivity index (χ1v) is 7.67. The third kappa shape index (κ3) is 4.89. The van der Waals surface area contributed by atoms with Crippen LogP contribution in [0.3, 0.4) is 0 Å². The number of hydrogen-bond acceptors (Lipinski definition) is 3. The van der Waals surface area contributed by atoms with Crippen molar-refractivity contribution in [2.45, 2.75) is 39.4 Å². The Morgan fingerprint density at radius 1 is 1.00 bits per heavy atom. The Labute approximate surface area is 124 Å². The molecule has 0 atom stereocenters. The van der Waals surface area contributed by atoms with Crippen molar-refractivity contribution in [1.82, 2.24) is 15.1 Å². The zero-order chi connectivity index (χ0) is 14.6. The lowest BCUT2D eigenvalue weighted by Gasteiger charge is -2.33. The summed E-state index contributed by atoms with van der Waals surface area (Å²) in [5.74, 6) is 0. The maximum Gasteiger partial charge on any atom is 0.0238 e. The van der Waals surface area contributed by atoms with Crippen molar-refractivity contribution in [3.8, 4) is 0 Å². The standard InChI is InChI=1S/C17H29N3/c1-17(2,3)18-13-15-7-5-6-8-16(15)14-20-11-9-19(4)10-12-20/h5-8,18H,9-14H2,1-4H3. The molecule has 3 nitrogen and oxygen atoms in total. The van der Waals surface area contributed by atoms with E-state index in [1.807, 2.05) is 0 Å². The second-order valence-electron chi connectivity index (χ2n) is 6.95. The molecular formula is C17H29N3. The van der Waals surface area contributed by atoms with Crippen LogP contribution in [0.2, 0.25) is 0 Å². The SMILES string of the molecule is CN1CCN(Cc2ccccc2CNC(C)(C)C)CC1. The number of nitrogens with one attached hydrogen (secondary N) is 1. The van der Waals surface area contributed by atoms with E-state index in [0.29, 0.717) is 0 Å². The second kappa shape index (κ2) is 6.70. The Kier molecular flexibility index (Phi) is 5.19. The smallest absolute Gasteiger partial charge is 0.0238 e. The lowest BCUT2D eigenvalue weighted by atomic mass is 10.0. The van der Waals surface area contributed by atoms with Crippen LogP contribution >= 0.6 is 0 Å². The van der Waals surface area contributed by atoms with Crippen molar-refractivity contribution in [3.05, 3.63) is 35.4 Å². The fourth-order valence-corrected chi connectivity index (χ4v) is 2.49. The lowest BCUT2D eigenvalue weighted by molar-refractivity contribution is 0.148. The van der Waals surface area contributed by atoms with Gasteiger partial charge in [0, 0.05) is 44.8 Å². The molecule has 1 aliphatic rings. The first-order valence-electron chi connectivity index (χ1n) is 7.67. The molecule has 1 aromatic carbocycles. The van der Waals surface area contributed by atoms with Crippen LogP contribution in [-0.2, 0) is 13.1 Å². The van der Waals surface area contributed by atoms with Gasteiger partial charge in [-0.2, -0.15) is 0 Å². The van der Waals surface area contributed by atoms with Crippen molar-refractivity contribution in [2.24, 2.45) is 0 Å². The maximum absolute atomic E-state index is 3.60. The minimum Gasteiger partial charge on any atom is -0.308 e. The summed E-state index contributed by atoms with van der Waals surface area (Å²) in [5.41, 5.74) is 3.07. The van der Waals surface area contributed by atoms with E-state index in [-0.39, 0.29) is 5.54 Å². The van der Waals surface area contributed by atoms with Gasteiger partial charge in [0.15, 0.2) is 0 Å². The third-order valence-corrected chi connectivity index (χ3v) is 3.92. The van der Waals surface area contributed by atoms with Gasteiger partial charge in [-0.3, -0.25) is 4.90 Å². The monoisotopic (exact) mass is 275 g/mol. The zero-order valence-electron chi connectivity index (χ0n) is 13.4. The molecule has 1 N–H and O–H groups in total. The highest BCUT2D eigenvalue weighted by atomic mass is 15.2. The topological polar surface area (TPSA) is 18.5 Å². The van der Waals surface area contributed by atoms with Crippen LogP contribution in [-0.4, -0.2) is 48.6 Å². The first kappa shape index (κ1) is 15.5. The molecule has 0 amide bonds. The van der Waals surface area contributed by atoms with Crippen molar-refractivity contribution in [3.63, 3.8) is 0 Å². The van der Waals surface area contributed by atoms with Crippen LogP contribution < -0.4 is 5.32 Å². The molecule has 20 heavy (non-hydrogen) atoms. The summed E-state index contributed by atoms with van der Waals surface area (Å²) < 4.78 is 0. The molecule has 0 saturated carbocycles. The van der Waals surface area contributed by atoms with Crippen molar-refractivity contribution in [2.75, 3.05) is 33.2 Å². The minimum absolute atomic E-state index is 0.168. The summed E-state index contributed by atoms with van der Waals surface area (Å²) in [6.07, 6.45) is 0. The third-order valence-electron chi connectivity index (χ3n) is 3.92. The predicted molar refractivity (Wildman–Crippen MR) is 85.8 cm³/mol. The Hall–Kier alpha value is -0.900. The molecule has 0 aliphatic carbocycles. The van der Waals surface area contributed by atoms with E-state index in [2.05, 4.69) is 67.2 Å². The Balaban J connectivity index is 1.97. The van der Waals surface area contributed by atoms with E-state index in [0.717, 1.165) is 13.1 Å². The molecular weight excluding hydrogens is 246 g/mol. The second-order valence-corrected chi connectivity index (χ2v) is 6.95. The van der Waals surface area contributed by atoms with Gasteiger partial charge in [0.1, 0.15) is 0 Å². The van der Waals surface area contributed by atoms with Gasteiger partial charge in [0.25, 0.3) is 0 Å². The van der Waals surface area contributed by atoms with Gasteiger partial charge in [0.05, 0.1) is 0 Å². The molecule has 0 spiro atoms. The summed E-state index contributed by atoms with van der Waals surface area (Å²) >= 11 is 0. The van der Waals surface area contributed by atoms with Crippen molar-refractivity contribution >= 4 is 0 Å². The molecule has 0 radical (unpaired) electrons. The van der Waals surface area contributed by atoms with E-state index < -0.39 is 0 Å². The van der Waals surface area contributed by atoms with Gasteiger partial charge >= 0.3 is 0 Å². The van der Waals surface area contributed by atoms with Gasteiger partial charge in [-0.05, 0) is 38.9 Å². The molecule has 1 fully saturated rings. The Bertz CT molecular complexity index is 414. The van der Waals surface area contributed by atoms with Crippen LogP contribution in [0, 0.1) is 0 Å². The van der Waals surface area contributed by atoms with Gasteiger partial charge in [-0.25, -0.2) is 0 Å². The number of benzene rings is 1. The number of likely N-dealkylation sites (N-methyl/N-ethyl adjacent to an activating group) is 1. The first-order chi connectivity index (χ1) is 9.44. The van der Waals surface area contributed by atoms with Gasteiger partial charge < -0.3 is 10.2 Å². The van der Waals surface area contributed by atoms with Gasteiger partial charge in [-0.1, -0.05) is 24.3 Å². The van der Waals surface area contributed by atoms with E-state index in [1.54, 1.807) is 0 Å². The van der Waals surface area contributed by atoms with Crippen LogP contribution in [0.1, 0.15) is 31.9 Å². The van der Waals surface area contributed by atoms with Crippen LogP contribution in [0.5, 0.6) is 0 Å². The fraction of sp³-hybridized carbons (Fsp3) is 0.647. The summed E-state index contributed by atoms with van der Waals surface area (Å²) in [5, 5.41) is 3.60. The molecule has 2 rings (SSSR count). The molecule has 1 aliphatic heterocycles. The van der Waals surface area contributed by atoms with E-state index in [9.17, 15) is 0 Å². The number of piperazine rings is 1. The summed E-state index contributed by atoms with van der Waals surface area (Å²) in [4.78, 5) is 4.97. The van der Waals surface area contributed by atoms with Crippen LogP contribution in [0.4, 0.5) is 0 Å². The molecule has 0 unspecified atom stereocenters. The maximum atomic E-state index is 3.60. The quantitative estimate of drug-likeness (QED) is 0.910. The van der Waals surface area contributed by atoms with Crippen LogP contribution in [0.15, 0.2) is 24.3 Å². The summed E-state index contributed by atoms with van der Waals surface area (Å²) in [6.45, 7) is 13.4. The van der Waals surface area contributed by atoms with Crippen LogP contribution in [0.25, 0.3) is 0 Å². The van der Waals surface area contributed by atoms with E-state index in [1.165, 1.54) is 37.3 Å². The van der Waals surface area contributed by atoms with Crippen molar-refractivity contribution < 1.29 is 0 Å². The van der Waals surface area contributed by atoms with Gasteiger partial charge in [0.2, 0.25) is 0 Å². The Morgan fingerprint density at radius 2 is 1.60 bits per heavy atom. The van der Waals surface area contributed by atoms with Crippen molar-refractivity contribution in [1.29, 1.82) is 0 Å². The number of hydrogen-bond donors (Lipinski definition) is 1. The molecule has 112 valence electrons. The average molecular weight is 275 g/mol.